The summed E-state index contributed by atoms with van der Waals surface area (Å²) < 4.78 is 0. The van der Waals surface area contributed by atoms with Crippen LogP contribution in [0.5, 0.6) is 0 Å². The lowest BCUT2D eigenvalue weighted by atomic mass is 10.1. The molecule has 116 valence electrons. The molecule has 1 aromatic carbocycles. The van der Waals surface area contributed by atoms with Crippen LogP contribution < -0.4 is 5.32 Å². The standard InChI is InChI=1S/C17H21N3OS/c1-10-6-11(2)16(12(3)7-10)20-17(21)14(5)22-15-8-13(4)18-9-19-15/h6-9,14H,1-5H3,(H,20,21)/t14-/m0/s1. The van der Waals surface area contributed by atoms with Gasteiger partial charge in [-0.2, -0.15) is 0 Å². The Morgan fingerprint density at radius 2 is 1.73 bits per heavy atom. The van der Waals surface area contributed by atoms with Gasteiger partial charge in [0.15, 0.2) is 0 Å². The fourth-order valence-corrected chi connectivity index (χ4v) is 3.21. The number of nitrogens with one attached hydrogen (secondary N) is 1. The van der Waals surface area contributed by atoms with Crippen molar-refractivity contribution >= 4 is 23.4 Å². The SMILES string of the molecule is Cc1cc(C)c(NC(=O)[C@H](C)Sc2cc(C)ncn2)c(C)c1. The van der Waals surface area contributed by atoms with Gasteiger partial charge >= 0.3 is 0 Å². The molecular formula is C17H21N3OS. The summed E-state index contributed by atoms with van der Waals surface area (Å²) in [6.07, 6.45) is 1.52. The van der Waals surface area contributed by atoms with Gasteiger partial charge in [-0.1, -0.05) is 29.5 Å². The zero-order chi connectivity index (χ0) is 16.3. The average Bonchev–Trinajstić information content (AvgIpc) is 2.42. The van der Waals surface area contributed by atoms with Crippen molar-refractivity contribution < 1.29 is 4.79 Å². The number of benzene rings is 1. The van der Waals surface area contributed by atoms with Gasteiger partial charge in [0.1, 0.15) is 11.4 Å². The van der Waals surface area contributed by atoms with E-state index in [0.29, 0.717) is 0 Å². The number of carbonyl (C=O) groups excluding carboxylic acids is 1. The maximum atomic E-state index is 12.4. The van der Waals surface area contributed by atoms with Crippen LogP contribution in [0.4, 0.5) is 5.69 Å². The minimum Gasteiger partial charge on any atom is -0.325 e. The van der Waals surface area contributed by atoms with Crippen molar-refractivity contribution in [2.75, 3.05) is 5.32 Å². The number of hydrogen-bond donors (Lipinski definition) is 1. The number of aromatic nitrogens is 2. The lowest BCUT2D eigenvalue weighted by molar-refractivity contribution is -0.115. The van der Waals surface area contributed by atoms with Crippen molar-refractivity contribution in [2.45, 2.75) is 44.9 Å². The van der Waals surface area contributed by atoms with Crippen molar-refractivity contribution in [3.05, 3.63) is 46.9 Å². The molecule has 1 amide bonds. The van der Waals surface area contributed by atoms with E-state index in [-0.39, 0.29) is 11.2 Å². The summed E-state index contributed by atoms with van der Waals surface area (Å²) in [5, 5.41) is 3.62. The van der Waals surface area contributed by atoms with Gasteiger partial charge in [-0.05, 0) is 51.8 Å². The van der Waals surface area contributed by atoms with Gasteiger partial charge in [-0.25, -0.2) is 9.97 Å². The summed E-state index contributed by atoms with van der Waals surface area (Å²) in [5.74, 6) is -0.0173. The number of carbonyl (C=O) groups is 1. The number of nitrogens with zero attached hydrogens (tertiary/aromatic N) is 2. The molecule has 0 aliphatic heterocycles. The largest absolute Gasteiger partial charge is 0.325 e. The van der Waals surface area contributed by atoms with Crippen molar-refractivity contribution in [1.82, 2.24) is 9.97 Å². The molecule has 0 spiro atoms. The molecule has 0 saturated heterocycles. The number of hydrogen-bond acceptors (Lipinski definition) is 4. The second kappa shape index (κ2) is 6.92. The first-order chi connectivity index (χ1) is 10.4. The van der Waals surface area contributed by atoms with E-state index in [9.17, 15) is 4.79 Å². The second-order valence-corrected chi connectivity index (χ2v) is 6.88. The molecule has 0 unspecified atom stereocenters. The maximum absolute atomic E-state index is 12.4. The van der Waals surface area contributed by atoms with E-state index < -0.39 is 0 Å². The second-order valence-electron chi connectivity index (χ2n) is 5.52. The minimum absolute atomic E-state index is 0.0173. The molecule has 4 nitrogen and oxygen atoms in total. The molecule has 1 aromatic heterocycles. The Bertz CT molecular complexity index is 677. The molecule has 2 aromatic rings. The minimum atomic E-state index is -0.227. The zero-order valence-corrected chi connectivity index (χ0v) is 14.4. The smallest absolute Gasteiger partial charge is 0.237 e. The molecule has 0 fully saturated rings. The quantitative estimate of drug-likeness (QED) is 0.688. The third-order valence-electron chi connectivity index (χ3n) is 3.37. The Balaban J connectivity index is 2.09. The van der Waals surface area contributed by atoms with Gasteiger partial charge in [-0.15, -0.1) is 0 Å². The van der Waals surface area contributed by atoms with Crippen molar-refractivity contribution in [3.8, 4) is 0 Å². The van der Waals surface area contributed by atoms with E-state index >= 15 is 0 Å². The van der Waals surface area contributed by atoms with E-state index in [1.807, 2.05) is 33.8 Å². The van der Waals surface area contributed by atoms with Gasteiger partial charge in [0.2, 0.25) is 5.91 Å². The molecule has 1 atom stereocenters. The van der Waals surface area contributed by atoms with Gasteiger partial charge in [0.05, 0.1) is 5.25 Å². The van der Waals surface area contributed by atoms with Crippen LogP contribution in [0.15, 0.2) is 29.6 Å². The summed E-state index contributed by atoms with van der Waals surface area (Å²) in [6, 6.07) is 6.04. The first-order valence-electron chi connectivity index (χ1n) is 7.21. The molecular weight excluding hydrogens is 294 g/mol. The third-order valence-corrected chi connectivity index (χ3v) is 4.40. The summed E-state index contributed by atoms with van der Waals surface area (Å²) in [6.45, 7) is 9.88. The van der Waals surface area contributed by atoms with Crippen LogP contribution in [-0.4, -0.2) is 21.1 Å². The lowest BCUT2D eigenvalue weighted by Gasteiger charge is -2.16. The van der Waals surface area contributed by atoms with Gasteiger partial charge in [0, 0.05) is 11.4 Å². The highest BCUT2D eigenvalue weighted by molar-refractivity contribution is 8.00. The molecule has 0 radical (unpaired) electrons. The van der Waals surface area contributed by atoms with Gasteiger partial charge in [0.25, 0.3) is 0 Å². The predicted octanol–water partition coefficient (Wildman–Crippen LogP) is 3.83. The number of amides is 1. The molecule has 5 heteroatoms. The van der Waals surface area contributed by atoms with E-state index in [4.69, 9.17) is 0 Å². The van der Waals surface area contributed by atoms with Gasteiger partial charge in [-0.3, -0.25) is 4.79 Å². The Hall–Kier alpha value is -1.88. The summed E-state index contributed by atoms with van der Waals surface area (Å²) in [5.41, 5.74) is 5.17. The molecule has 0 aliphatic carbocycles. The number of thioether (sulfide) groups is 1. The number of rotatable bonds is 4. The van der Waals surface area contributed by atoms with Crippen LogP contribution in [0.2, 0.25) is 0 Å². The highest BCUT2D eigenvalue weighted by atomic mass is 32.2. The summed E-state index contributed by atoms with van der Waals surface area (Å²) in [7, 11) is 0. The first-order valence-corrected chi connectivity index (χ1v) is 8.09. The van der Waals surface area contributed by atoms with Crippen molar-refractivity contribution in [2.24, 2.45) is 0 Å². The zero-order valence-electron chi connectivity index (χ0n) is 13.6. The molecule has 1 N–H and O–H groups in total. The van der Waals surface area contributed by atoms with E-state index in [1.54, 1.807) is 0 Å². The first kappa shape index (κ1) is 16.5. The molecule has 0 bridgehead atoms. The fraction of sp³-hybridized carbons (Fsp3) is 0.353. The molecule has 0 saturated carbocycles. The number of anilines is 1. The van der Waals surface area contributed by atoms with Crippen LogP contribution in [-0.2, 0) is 4.79 Å². The molecule has 0 aliphatic rings. The molecule has 2 rings (SSSR count). The van der Waals surface area contributed by atoms with E-state index in [0.717, 1.165) is 27.5 Å². The van der Waals surface area contributed by atoms with Crippen molar-refractivity contribution in [3.63, 3.8) is 0 Å². The van der Waals surface area contributed by atoms with E-state index in [2.05, 4.69) is 34.3 Å². The highest BCUT2D eigenvalue weighted by Gasteiger charge is 2.17. The molecule has 22 heavy (non-hydrogen) atoms. The normalized spacial score (nSPS) is 12.0. The predicted molar refractivity (Wildman–Crippen MR) is 91.4 cm³/mol. The Morgan fingerprint density at radius 3 is 2.32 bits per heavy atom. The average molecular weight is 315 g/mol. The molecule has 1 heterocycles. The van der Waals surface area contributed by atoms with Crippen LogP contribution in [0, 0.1) is 27.7 Å². The van der Waals surface area contributed by atoms with Crippen LogP contribution >= 0.6 is 11.8 Å². The van der Waals surface area contributed by atoms with Gasteiger partial charge < -0.3 is 5.32 Å². The Morgan fingerprint density at radius 1 is 1.09 bits per heavy atom. The highest BCUT2D eigenvalue weighted by Crippen LogP contribution is 2.25. The third kappa shape index (κ3) is 4.07. The summed E-state index contributed by atoms with van der Waals surface area (Å²) >= 11 is 1.44. The van der Waals surface area contributed by atoms with Crippen molar-refractivity contribution in [1.29, 1.82) is 0 Å². The summed E-state index contributed by atoms with van der Waals surface area (Å²) in [4.78, 5) is 20.7. The lowest BCUT2D eigenvalue weighted by Crippen LogP contribution is -2.23. The van der Waals surface area contributed by atoms with Crippen LogP contribution in [0.1, 0.15) is 29.3 Å². The number of aryl methyl sites for hydroxylation is 4. The van der Waals surface area contributed by atoms with Crippen LogP contribution in [0.3, 0.4) is 0 Å². The van der Waals surface area contributed by atoms with Crippen LogP contribution in [0.25, 0.3) is 0 Å². The Labute approximate surface area is 135 Å². The van der Waals surface area contributed by atoms with E-state index in [1.165, 1.54) is 23.7 Å². The Kier molecular flexibility index (Phi) is 5.19. The maximum Gasteiger partial charge on any atom is 0.237 e. The fourth-order valence-electron chi connectivity index (χ4n) is 2.33. The monoisotopic (exact) mass is 315 g/mol. The topological polar surface area (TPSA) is 54.9 Å².